The fraction of sp³-hybridized carbons (Fsp3) is 0.318. The Kier molecular flexibility index (Phi) is 5.31. The minimum absolute atomic E-state index is 0.0210. The second kappa shape index (κ2) is 8.05. The van der Waals surface area contributed by atoms with Crippen molar-refractivity contribution in [1.29, 1.82) is 0 Å². The second-order valence-electron chi connectivity index (χ2n) is 7.46. The standard InChI is InChI=1S/C22H23N3O4/c23-15-4-1-3-14(9-15)13-29-21-6-2-5-17-18(21)11-25(22(17)28)16-7-8-19(24-10-16)20(27)12-26/h1-6,9,12,16,19,24H,7-8,10-11,13,23H2. The van der Waals surface area contributed by atoms with Crippen molar-refractivity contribution in [3.8, 4) is 5.75 Å². The number of carbonyl (C=O) groups is 3. The summed E-state index contributed by atoms with van der Waals surface area (Å²) in [5, 5.41) is 3.09. The highest BCUT2D eigenvalue weighted by atomic mass is 16.5. The molecule has 0 aliphatic carbocycles. The number of nitrogens with zero attached hydrogens (tertiary/aromatic N) is 1. The molecule has 29 heavy (non-hydrogen) atoms. The Hall–Kier alpha value is -3.19. The van der Waals surface area contributed by atoms with Gasteiger partial charge in [-0.05, 0) is 42.7 Å². The van der Waals surface area contributed by atoms with E-state index in [9.17, 15) is 14.4 Å². The Labute approximate surface area is 168 Å². The van der Waals surface area contributed by atoms with Crippen LogP contribution < -0.4 is 15.8 Å². The smallest absolute Gasteiger partial charge is 0.254 e. The number of nitrogens with two attached hydrogens (primary N) is 1. The van der Waals surface area contributed by atoms with Crippen LogP contribution in [0.3, 0.4) is 0 Å². The molecule has 4 rings (SSSR count). The zero-order valence-electron chi connectivity index (χ0n) is 16.0. The number of piperidine rings is 1. The molecular formula is C22H23N3O4. The first kappa shape index (κ1) is 19.1. The fourth-order valence-electron chi connectivity index (χ4n) is 4.03. The number of hydrogen-bond acceptors (Lipinski definition) is 6. The van der Waals surface area contributed by atoms with Crippen molar-refractivity contribution in [2.24, 2.45) is 0 Å². The quantitative estimate of drug-likeness (QED) is 0.440. The Morgan fingerprint density at radius 3 is 2.79 bits per heavy atom. The molecule has 1 saturated heterocycles. The average molecular weight is 393 g/mol. The van der Waals surface area contributed by atoms with Gasteiger partial charge in [-0.25, -0.2) is 0 Å². The van der Waals surface area contributed by atoms with Gasteiger partial charge in [0.15, 0.2) is 6.29 Å². The number of rotatable bonds is 6. The van der Waals surface area contributed by atoms with Crippen LogP contribution >= 0.6 is 0 Å². The first-order valence-corrected chi connectivity index (χ1v) is 9.69. The van der Waals surface area contributed by atoms with E-state index in [1.165, 1.54) is 0 Å². The molecule has 2 aliphatic rings. The number of nitrogens with one attached hydrogen (secondary N) is 1. The number of carbonyl (C=O) groups excluding carboxylic acids is 3. The van der Waals surface area contributed by atoms with Gasteiger partial charge in [0.2, 0.25) is 5.78 Å². The van der Waals surface area contributed by atoms with Crippen LogP contribution in [0.4, 0.5) is 5.69 Å². The fourth-order valence-corrected chi connectivity index (χ4v) is 4.03. The summed E-state index contributed by atoms with van der Waals surface area (Å²) in [5.74, 6) is 0.233. The Morgan fingerprint density at radius 1 is 1.24 bits per heavy atom. The van der Waals surface area contributed by atoms with Crippen LogP contribution in [0.1, 0.15) is 34.3 Å². The van der Waals surface area contributed by atoms with E-state index in [-0.39, 0.29) is 11.9 Å². The van der Waals surface area contributed by atoms with E-state index in [1.807, 2.05) is 47.4 Å². The highest BCUT2D eigenvalue weighted by Crippen LogP contribution is 2.34. The van der Waals surface area contributed by atoms with Crippen LogP contribution in [0.5, 0.6) is 5.75 Å². The maximum atomic E-state index is 12.9. The Morgan fingerprint density at radius 2 is 2.07 bits per heavy atom. The van der Waals surface area contributed by atoms with E-state index in [2.05, 4.69) is 5.32 Å². The third kappa shape index (κ3) is 3.86. The SMILES string of the molecule is Nc1cccc(COc2cccc3c2CN(C2CCC(C(=O)C=O)NC2)C3=O)c1. The number of Topliss-reactive ketones (excluding diaryl/α,β-unsaturated/α-hetero) is 1. The van der Waals surface area contributed by atoms with Gasteiger partial charge in [-0.15, -0.1) is 0 Å². The summed E-state index contributed by atoms with van der Waals surface area (Å²) in [5.41, 5.74) is 9.00. The molecule has 7 heteroatoms. The predicted octanol–water partition coefficient (Wildman–Crippen LogP) is 1.69. The van der Waals surface area contributed by atoms with Crippen LogP contribution in [0.25, 0.3) is 0 Å². The summed E-state index contributed by atoms with van der Waals surface area (Å²) in [7, 11) is 0. The van der Waals surface area contributed by atoms with Gasteiger partial charge < -0.3 is 20.7 Å². The van der Waals surface area contributed by atoms with Crippen molar-refractivity contribution < 1.29 is 19.1 Å². The van der Waals surface area contributed by atoms with Crippen molar-refractivity contribution in [1.82, 2.24) is 10.2 Å². The van der Waals surface area contributed by atoms with Gasteiger partial charge in [-0.1, -0.05) is 18.2 Å². The lowest BCUT2D eigenvalue weighted by molar-refractivity contribution is -0.131. The van der Waals surface area contributed by atoms with Crippen molar-refractivity contribution in [2.45, 2.75) is 38.1 Å². The number of nitrogen functional groups attached to an aromatic ring is 1. The molecule has 0 bridgehead atoms. The number of benzene rings is 2. The summed E-state index contributed by atoms with van der Waals surface area (Å²) in [4.78, 5) is 37.0. The Balaban J connectivity index is 1.45. The third-order valence-electron chi connectivity index (χ3n) is 5.59. The lowest BCUT2D eigenvalue weighted by Crippen LogP contribution is -2.52. The first-order chi connectivity index (χ1) is 14.1. The summed E-state index contributed by atoms with van der Waals surface area (Å²) in [6.07, 6.45) is 1.58. The molecule has 2 heterocycles. The van der Waals surface area contributed by atoms with E-state index >= 15 is 0 Å². The first-order valence-electron chi connectivity index (χ1n) is 9.69. The molecule has 2 aliphatic heterocycles. The molecular weight excluding hydrogens is 370 g/mol. The molecule has 3 N–H and O–H groups in total. The zero-order valence-corrected chi connectivity index (χ0v) is 16.0. The van der Waals surface area contributed by atoms with Gasteiger partial charge in [0.05, 0.1) is 12.6 Å². The highest BCUT2D eigenvalue weighted by molar-refractivity contribution is 6.27. The zero-order chi connectivity index (χ0) is 20.4. The second-order valence-corrected chi connectivity index (χ2v) is 7.46. The molecule has 0 aromatic heterocycles. The van der Waals surface area contributed by atoms with Crippen molar-refractivity contribution >= 4 is 23.7 Å². The van der Waals surface area contributed by atoms with E-state index < -0.39 is 11.8 Å². The highest BCUT2D eigenvalue weighted by Gasteiger charge is 2.37. The van der Waals surface area contributed by atoms with Crippen molar-refractivity contribution in [3.05, 3.63) is 59.2 Å². The molecule has 7 nitrogen and oxygen atoms in total. The summed E-state index contributed by atoms with van der Waals surface area (Å²) in [6.45, 7) is 1.33. The maximum Gasteiger partial charge on any atom is 0.254 e. The van der Waals surface area contributed by atoms with Gasteiger partial charge in [0.1, 0.15) is 12.4 Å². The van der Waals surface area contributed by atoms with E-state index in [0.717, 1.165) is 11.1 Å². The molecule has 0 spiro atoms. The number of fused-ring (bicyclic) bond motifs is 1. The molecule has 2 atom stereocenters. The van der Waals surface area contributed by atoms with Crippen molar-refractivity contribution in [2.75, 3.05) is 12.3 Å². The maximum absolute atomic E-state index is 12.9. The van der Waals surface area contributed by atoms with Crippen LogP contribution in [-0.2, 0) is 22.7 Å². The molecule has 2 aromatic carbocycles. The third-order valence-corrected chi connectivity index (χ3v) is 5.59. The molecule has 0 radical (unpaired) electrons. The van der Waals surface area contributed by atoms with Crippen LogP contribution in [0, 0.1) is 0 Å². The van der Waals surface area contributed by atoms with Crippen LogP contribution in [0.15, 0.2) is 42.5 Å². The molecule has 0 saturated carbocycles. The summed E-state index contributed by atoms with van der Waals surface area (Å²) < 4.78 is 6.00. The van der Waals surface area contributed by atoms with Crippen molar-refractivity contribution in [3.63, 3.8) is 0 Å². The molecule has 1 amide bonds. The van der Waals surface area contributed by atoms with Crippen LogP contribution in [0.2, 0.25) is 0 Å². The van der Waals surface area contributed by atoms with Gasteiger partial charge in [0, 0.05) is 29.4 Å². The van der Waals surface area contributed by atoms with Crippen LogP contribution in [-0.4, -0.2) is 41.5 Å². The van der Waals surface area contributed by atoms with E-state index in [4.69, 9.17) is 10.5 Å². The normalized spacial score (nSPS) is 21.0. The molecule has 150 valence electrons. The Bertz CT molecular complexity index is 951. The average Bonchev–Trinajstić information content (AvgIpc) is 3.09. The summed E-state index contributed by atoms with van der Waals surface area (Å²) in [6, 6.07) is 12.6. The number of amides is 1. The van der Waals surface area contributed by atoms with Gasteiger partial charge in [-0.3, -0.25) is 14.4 Å². The number of ether oxygens (including phenoxy) is 1. The number of hydrogen-bond donors (Lipinski definition) is 2. The lowest BCUT2D eigenvalue weighted by atomic mass is 9.97. The van der Waals surface area contributed by atoms with E-state index in [0.29, 0.717) is 55.8 Å². The largest absolute Gasteiger partial charge is 0.489 e. The minimum Gasteiger partial charge on any atom is -0.489 e. The molecule has 2 unspecified atom stereocenters. The number of anilines is 1. The topological polar surface area (TPSA) is 102 Å². The number of ketones is 1. The summed E-state index contributed by atoms with van der Waals surface area (Å²) >= 11 is 0. The van der Waals surface area contributed by atoms with Gasteiger partial charge in [-0.2, -0.15) is 0 Å². The van der Waals surface area contributed by atoms with Gasteiger partial charge in [0.25, 0.3) is 5.91 Å². The minimum atomic E-state index is -0.443. The van der Waals surface area contributed by atoms with Gasteiger partial charge >= 0.3 is 0 Å². The molecule has 1 fully saturated rings. The molecule has 2 aromatic rings. The lowest BCUT2D eigenvalue weighted by Gasteiger charge is -2.34. The predicted molar refractivity (Wildman–Crippen MR) is 107 cm³/mol. The number of aldehydes is 1. The van der Waals surface area contributed by atoms with E-state index in [1.54, 1.807) is 0 Å². The monoisotopic (exact) mass is 393 g/mol.